The van der Waals surface area contributed by atoms with Crippen LogP contribution >= 0.6 is 0 Å². The molecule has 1 heterocycles. The largest absolute Gasteiger partial charge is 0.379 e. The van der Waals surface area contributed by atoms with E-state index in [1.807, 2.05) is 0 Å². The van der Waals surface area contributed by atoms with Crippen LogP contribution in [0.3, 0.4) is 0 Å². The van der Waals surface area contributed by atoms with Crippen molar-refractivity contribution in [3.63, 3.8) is 0 Å². The van der Waals surface area contributed by atoms with Crippen LogP contribution in [0.15, 0.2) is 0 Å². The molecular formula is C11H23NO. The van der Waals surface area contributed by atoms with Crippen LogP contribution in [0.2, 0.25) is 0 Å². The van der Waals surface area contributed by atoms with Crippen molar-refractivity contribution in [2.75, 3.05) is 33.4 Å². The molecule has 78 valence electrons. The SMILES string of the molecule is CN1CCOCC(C)(C(C)(C)C)C1. The van der Waals surface area contributed by atoms with Crippen molar-refractivity contribution in [3.05, 3.63) is 0 Å². The topological polar surface area (TPSA) is 12.5 Å². The van der Waals surface area contributed by atoms with Crippen molar-refractivity contribution < 1.29 is 4.74 Å². The van der Waals surface area contributed by atoms with Gasteiger partial charge in [-0.2, -0.15) is 0 Å². The van der Waals surface area contributed by atoms with Crippen LogP contribution in [0, 0.1) is 10.8 Å². The summed E-state index contributed by atoms with van der Waals surface area (Å²) in [6.45, 7) is 13.2. The molecule has 0 aromatic carbocycles. The molecule has 1 rings (SSSR count). The molecule has 0 N–H and O–H groups in total. The minimum Gasteiger partial charge on any atom is -0.379 e. The number of likely N-dealkylation sites (N-methyl/N-ethyl adjacent to an activating group) is 1. The minimum absolute atomic E-state index is 0.276. The second kappa shape index (κ2) is 3.58. The van der Waals surface area contributed by atoms with Crippen molar-refractivity contribution in [2.45, 2.75) is 27.7 Å². The molecule has 1 saturated heterocycles. The third kappa shape index (κ3) is 2.44. The number of nitrogens with zero attached hydrogens (tertiary/aromatic N) is 1. The first-order chi connectivity index (χ1) is 5.85. The summed E-state index contributed by atoms with van der Waals surface area (Å²) in [5.41, 5.74) is 0.587. The molecule has 0 bridgehead atoms. The van der Waals surface area contributed by atoms with Crippen molar-refractivity contribution in [2.24, 2.45) is 10.8 Å². The van der Waals surface area contributed by atoms with E-state index in [0.29, 0.717) is 5.41 Å². The van der Waals surface area contributed by atoms with E-state index in [0.717, 1.165) is 26.3 Å². The molecule has 1 aliphatic rings. The van der Waals surface area contributed by atoms with Gasteiger partial charge in [-0.05, 0) is 12.5 Å². The Kier molecular flexibility index (Phi) is 3.03. The first-order valence-electron chi connectivity index (χ1n) is 5.11. The summed E-state index contributed by atoms with van der Waals surface area (Å²) in [6.07, 6.45) is 0. The Bertz CT molecular complexity index is 173. The van der Waals surface area contributed by atoms with E-state index >= 15 is 0 Å². The zero-order valence-corrected chi connectivity index (χ0v) is 9.68. The highest BCUT2D eigenvalue weighted by molar-refractivity contribution is 4.89. The molecule has 2 heteroatoms. The number of hydrogen-bond donors (Lipinski definition) is 0. The smallest absolute Gasteiger partial charge is 0.0593 e. The first-order valence-corrected chi connectivity index (χ1v) is 5.11. The lowest BCUT2D eigenvalue weighted by atomic mass is 9.68. The van der Waals surface area contributed by atoms with Crippen molar-refractivity contribution in [1.82, 2.24) is 4.90 Å². The van der Waals surface area contributed by atoms with Gasteiger partial charge in [0.25, 0.3) is 0 Å². The molecule has 1 atom stereocenters. The number of hydrogen-bond acceptors (Lipinski definition) is 2. The fourth-order valence-corrected chi connectivity index (χ4v) is 1.69. The van der Waals surface area contributed by atoms with Gasteiger partial charge in [-0.1, -0.05) is 27.7 Å². The lowest BCUT2D eigenvalue weighted by Crippen LogP contribution is -2.43. The van der Waals surface area contributed by atoms with Gasteiger partial charge >= 0.3 is 0 Å². The van der Waals surface area contributed by atoms with Crippen LogP contribution in [0.4, 0.5) is 0 Å². The van der Waals surface area contributed by atoms with E-state index in [-0.39, 0.29) is 5.41 Å². The molecule has 0 amide bonds. The van der Waals surface area contributed by atoms with Gasteiger partial charge in [-0.15, -0.1) is 0 Å². The fraction of sp³-hybridized carbons (Fsp3) is 1.00. The van der Waals surface area contributed by atoms with Crippen LogP contribution in [0.5, 0.6) is 0 Å². The van der Waals surface area contributed by atoms with Gasteiger partial charge in [0.05, 0.1) is 13.2 Å². The maximum absolute atomic E-state index is 5.67. The molecule has 0 spiro atoms. The summed E-state index contributed by atoms with van der Waals surface area (Å²) in [5, 5.41) is 0. The van der Waals surface area contributed by atoms with Crippen molar-refractivity contribution in [3.8, 4) is 0 Å². The average molecular weight is 185 g/mol. The Morgan fingerprint density at radius 1 is 1.31 bits per heavy atom. The lowest BCUT2D eigenvalue weighted by molar-refractivity contribution is 0.00323. The second-order valence-electron chi connectivity index (χ2n) is 5.60. The molecule has 1 aliphatic heterocycles. The maximum atomic E-state index is 5.67. The zero-order chi connectivity index (χ0) is 10.1. The Hall–Kier alpha value is -0.0800. The summed E-state index contributed by atoms with van der Waals surface area (Å²) < 4.78 is 5.67. The van der Waals surface area contributed by atoms with Crippen LogP contribution in [0.25, 0.3) is 0 Å². The van der Waals surface area contributed by atoms with Gasteiger partial charge in [-0.3, -0.25) is 0 Å². The van der Waals surface area contributed by atoms with Gasteiger partial charge in [0, 0.05) is 18.5 Å². The lowest BCUT2D eigenvalue weighted by Gasteiger charge is -2.42. The van der Waals surface area contributed by atoms with E-state index in [4.69, 9.17) is 4.74 Å². The molecule has 0 saturated carbocycles. The highest BCUT2D eigenvalue weighted by atomic mass is 16.5. The van der Waals surface area contributed by atoms with Crippen LogP contribution in [-0.4, -0.2) is 38.3 Å². The van der Waals surface area contributed by atoms with E-state index in [9.17, 15) is 0 Å². The molecular weight excluding hydrogens is 162 g/mol. The maximum Gasteiger partial charge on any atom is 0.0593 e. The van der Waals surface area contributed by atoms with Gasteiger partial charge in [0.1, 0.15) is 0 Å². The van der Waals surface area contributed by atoms with Crippen LogP contribution < -0.4 is 0 Å². The zero-order valence-electron chi connectivity index (χ0n) is 9.68. The number of rotatable bonds is 0. The number of ether oxygens (including phenoxy) is 1. The predicted octanol–water partition coefficient (Wildman–Crippen LogP) is 2.00. The van der Waals surface area contributed by atoms with Crippen molar-refractivity contribution in [1.29, 1.82) is 0 Å². The normalized spacial score (nSPS) is 33.0. The van der Waals surface area contributed by atoms with Crippen LogP contribution in [0.1, 0.15) is 27.7 Å². The fourth-order valence-electron chi connectivity index (χ4n) is 1.69. The summed E-state index contributed by atoms with van der Waals surface area (Å²) in [5.74, 6) is 0. The van der Waals surface area contributed by atoms with Gasteiger partial charge < -0.3 is 9.64 Å². The Morgan fingerprint density at radius 3 is 2.46 bits per heavy atom. The molecule has 1 unspecified atom stereocenters. The minimum atomic E-state index is 0.276. The highest BCUT2D eigenvalue weighted by Crippen LogP contribution is 2.39. The predicted molar refractivity (Wildman–Crippen MR) is 55.9 cm³/mol. The van der Waals surface area contributed by atoms with Crippen molar-refractivity contribution >= 4 is 0 Å². The third-order valence-corrected chi connectivity index (χ3v) is 3.47. The van der Waals surface area contributed by atoms with Gasteiger partial charge in [-0.25, -0.2) is 0 Å². The average Bonchev–Trinajstić information content (AvgIpc) is 2.10. The third-order valence-electron chi connectivity index (χ3n) is 3.47. The van der Waals surface area contributed by atoms with E-state index in [2.05, 4.69) is 39.6 Å². The second-order valence-corrected chi connectivity index (χ2v) is 5.60. The quantitative estimate of drug-likeness (QED) is 0.572. The van der Waals surface area contributed by atoms with E-state index in [1.165, 1.54) is 0 Å². The molecule has 0 aliphatic carbocycles. The van der Waals surface area contributed by atoms with Gasteiger partial charge in [0.2, 0.25) is 0 Å². The standard InChI is InChI=1S/C11H23NO/c1-10(2,3)11(4)8-12(5)6-7-13-9-11/h6-9H2,1-5H3. The molecule has 2 nitrogen and oxygen atoms in total. The van der Waals surface area contributed by atoms with Crippen LogP contribution in [-0.2, 0) is 4.74 Å². The van der Waals surface area contributed by atoms with E-state index in [1.54, 1.807) is 0 Å². The molecule has 1 fully saturated rings. The molecule has 13 heavy (non-hydrogen) atoms. The first kappa shape index (κ1) is 11.0. The monoisotopic (exact) mass is 185 g/mol. The van der Waals surface area contributed by atoms with Gasteiger partial charge in [0.15, 0.2) is 0 Å². The Morgan fingerprint density at radius 2 is 1.92 bits per heavy atom. The molecule has 0 aromatic heterocycles. The summed E-state index contributed by atoms with van der Waals surface area (Å²) in [4.78, 5) is 2.37. The summed E-state index contributed by atoms with van der Waals surface area (Å²) >= 11 is 0. The summed E-state index contributed by atoms with van der Waals surface area (Å²) in [6, 6.07) is 0. The Labute approximate surface area is 82.3 Å². The molecule has 0 aromatic rings. The summed E-state index contributed by atoms with van der Waals surface area (Å²) in [7, 11) is 2.18. The highest BCUT2D eigenvalue weighted by Gasteiger charge is 2.39. The Balaban J connectivity index is 2.75. The van der Waals surface area contributed by atoms with E-state index < -0.39 is 0 Å². The molecule has 0 radical (unpaired) electrons.